The molecule has 0 spiro atoms. The topological polar surface area (TPSA) is 44.9 Å². The van der Waals surface area contributed by atoms with E-state index in [0.29, 0.717) is 12.8 Å². The molecule has 0 saturated carbocycles. The van der Waals surface area contributed by atoms with Crippen LogP contribution in [0.1, 0.15) is 25.8 Å². The van der Waals surface area contributed by atoms with Crippen LogP contribution < -0.4 is 5.32 Å². The molecule has 4 heteroatoms. The monoisotopic (exact) mass is 262 g/mol. The Morgan fingerprint density at radius 3 is 2.95 bits per heavy atom. The highest BCUT2D eigenvalue weighted by molar-refractivity contribution is 5.81. The van der Waals surface area contributed by atoms with Crippen molar-refractivity contribution in [1.82, 2.24) is 10.3 Å². The molecule has 0 aliphatic carbocycles. The molecule has 3 nitrogen and oxygen atoms in total. The molecule has 0 bridgehead atoms. The van der Waals surface area contributed by atoms with E-state index in [1.165, 1.54) is 0 Å². The number of rotatable bonds is 5. The lowest BCUT2D eigenvalue weighted by Crippen LogP contribution is -2.35. The van der Waals surface area contributed by atoms with E-state index in [9.17, 15) is 9.18 Å². The van der Waals surface area contributed by atoms with Crippen LogP contribution in [0.15, 0.2) is 30.5 Å². The molecule has 1 amide bonds. The van der Waals surface area contributed by atoms with Crippen molar-refractivity contribution >= 4 is 16.8 Å². The predicted molar refractivity (Wildman–Crippen MR) is 74.5 cm³/mol. The Labute approximate surface area is 112 Å². The molecule has 1 heterocycles. The Morgan fingerprint density at radius 2 is 2.21 bits per heavy atom. The van der Waals surface area contributed by atoms with Gasteiger partial charge in [-0.15, -0.1) is 0 Å². The zero-order valence-corrected chi connectivity index (χ0v) is 11.2. The summed E-state index contributed by atoms with van der Waals surface area (Å²) in [6.07, 6.45) is 1.55. The Balaban J connectivity index is 2.01. The maximum absolute atomic E-state index is 13.1. The molecule has 2 unspecified atom stereocenters. The average molecular weight is 262 g/mol. The summed E-state index contributed by atoms with van der Waals surface area (Å²) in [5.74, 6) is -0.468. The average Bonchev–Trinajstić information content (AvgIpc) is 2.85. The molecule has 1 aromatic carbocycles. The number of carbonyl (C=O) groups excluding carboxylic acids is 1. The molecular weight excluding hydrogens is 243 g/mol. The fourth-order valence-corrected chi connectivity index (χ4v) is 2.07. The van der Waals surface area contributed by atoms with Gasteiger partial charge in [-0.1, -0.05) is 19.9 Å². The van der Waals surface area contributed by atoms with Gasteiger partial charge in [-0.05, 0) is 42.0 Å². The summed E-state index contributed by atoms with van der Waals surface area (Å²) >= 11 is 0. The molecule has 2 rings (SSSR count). The molecule has 2 N–H and O–H groups in total. The van der Waals surface area contributed by atoms with Crippen molar-refractivity contribution in [2.45, 2.75) is 33.0 Å². The lowest BCUT2D eigenvalue weighted by atomic mass is 9.99. The maximum Gasteiger partial charge on any atom is 0.225 e. The number of nitrogens with one attached hydrogen (secondary N) is 2. The number of aromatic nitrogens is 1. The highest BCUT2D eigenvalue weighted by Crippen LogP contribution is 2.17. The molecule has 0 saturated heterocycles. The molecule has 2 atom stereocenters. The van der Waals surface area contributed by atoms with Crippen molar-refractivity contribution in [1.29, 1.82) is 0 Å². The van der Waals surface area contributed by atoms with E-state index in [4.69, 9.17) is 0 Å². The van der Waals surface area contributed by atoms with E-state index in [-0.39, 0.29) is 11.8 Å². The first-order valence-electron chi connectivity index (χ1n) is 6.60. The Kier molecular flexibility index (Phi) is 4.20. The van der Waals surface area contributed by atoms with E-state index >= 15 is 0 Å². The van der Waals surface area contributed by atoms with E-state index < -0.39 is 6.30 Å². The predicted octanol–water partition coefficient (Wildman–Crippen LogP) is 3.17. The minimum absolute atomic E-state index is 0.233. The van der Waals surface area contributed by atoms with Gasteiger partial charge in [0.1, 0.15) is 0 Å². The second-order valence-electron chi connectivity index (χ2n) is 4.89. The van der Waals surface area contributed by atoms with Gasteiger partial charge < -0.3 is 10.3 Å². The largest absolute Gasteiger partial charge is 0.361 e. The third-order valence-electron chi connectivity index (χ3n) is 3.26. The van der Waals surface area contributed by atoms with E-state index in [2.05, 4.69) is 16.4 Å². The molecule has 0 fully saturated rings. The number of hydrogen-bond donors (Lipinski definition) is 2. The van der Waals surface area contributed by atoms with Crippen LogP contribution >= 0.6 is 0 Å². The summed E-state index contributed by atoms with van der Waals surface area (Å²) in [5.41, 5.74) is 2.16. The number of aromatic amines is 1. The van der Waals surface area contributed by atoms with Gasteiger partial charge in [0, 0.05) is 17.6 Å². The van der Waals surface area contributed by atoms with Crippen molar-refractivity contribution in [3.8, 4) is 0 Å². The van der Waals surface area contributed by atoms with Gasteiger partial charge in [0.15, 0.2) is 6.30 Å². The van der Waals surface area contributed by atoms with Crippen molar-refractivity contribution < 1.29 is 9.18 Å². The van der Waals surface area contributed by atoms with Crippen LogP contribution in [0.5, 0.6) is 0 Å². The SMILES string of the molecule is CCC(F)NC(=O)C(C)Cc1ccc2[nH]ccc2c1. The van der Waals surface area contributed by atoms with Crippen LogP contribution in [0, 0.1) is 5.92 Å². The summed E-state index contributed by atoms with van der Waals surface area (Å²) in [6, 6.07) is 8.05. The smallest absolute Gasteiger partial charge is 0.225 e. The Hall–Kier alpha value is -1.84. The van der Waals surface area contributed by atoms with Gasteiger partial charge in [-0.2, -0.15) is 0 Å². The first kappa shape index (κ1) is 13.6. The minimum Gasteiger partial charge on any atom is -0.361 e. The summed E-state index contributed by atoms with van der Waals surface area (Å²) in [6.45, 7) is 3.52. The van der Waals surface area contributed by atoms with Crippen LogP contribution in [-0.4, -0.2) is 17.2 Å². The summed E-state index contributed by atoms with van der Waals surface area (Å²) < 4.78 is 13.1. The zero-order valence-electron chi connectivity index (χ0n) is 11.2. The highest BCUT2D eigenvalue weighted by atomic mass is 19.1. The first-order chi connectivity index (χ1) is 9.10. The van der Waals surface area contributed by atoms with Crippen LogP contribution in [0.2, 0.25) is 0 Å². The van der Waals surface area contributed by atoms with Crippen LogP contribution in [0.4, 0.5) is 4.39 Å². The molecule has 2 aromatic rings. The maximum atomic E-state index is 13.1. The molecule has 19 heavy (non-hydrogen) atoms. The van der Waals surface area contributed by atoms with Crippen LogP contribution in [0.3, 0.4) is 0 Å². The van der Waals surface area contributed by atoms with Crippen molar-refractivity contribution in [2.75, 3.05) is 0 Å². The normalized spacial score (nSPS) is 14.3. The van der Waals surface area contributed by atoms with E-state index in [1.54, 1.807) is 6.92 Å². The van der Waals surface area contributed by atoms with Gasteiger partial charge in [0.05, 0.1) is 0 Å². The fourth-order valence-electron chi connectivity index (χ4n) is 2.07. The molecule has 0 aliphatic heterocycles. The van der Waals surface area contributed by atoms with Gasteiger partial charge >= 0.3 is 0 Å². The van der Waals surface area contributed by atoms with E-state index in [0.717, 1.165) is 16.5 Å². The lowest BCUT2D eigenvalue weighted by molar-refractivity contribution is -0.126. The van der Waals surface area contributed by atoms with Crippen LogP contribution in [-0.2, 0) is 11.2 Å². The second-order valence-corrected chi connectivity index (χ2v) is 4.89. The number of amides is 1. The first-order valence-corrected chi connectivity index (χ1v) is 6.60. The number of benzene rings is 1. The molecular formula is C15H19FN2O. The Morgan fingerprint density at radius 1 is 1.42 bits per heavy atom. The number of carbonyl (C=O) groups is 1. The third-order valence-corrected chi connectivity index (χ3v) is 3.26. The number of H-pyrrole nitrogens is 1. The van der Waals surface area contributed by atoms with Crippen molar-refractivity contribution in [3.63, 3.8) is 0 Å². The molecule has 0 aliphatic rings. The van der Waals surface area contributed by atoms with Gasteiger partial charge in [-0.25, -0.2) is 4.39 Å². The van der Waals surface area contributed by atoms with Gasteiger partial charge in [0.25, 0.3) is 0 Å². The third kappa shape index (κ3) is 3.34. The minimum atomic E-state index is -1.25. The molecule has 1 aromatic heterocycles. The number of hydrogen-bond acceptors (Lipinski definition) is 1. The molecule has 102 valence electrons. The number of halogens is 1. The van der Waals surface area contributed by atoms with Gasteiger partial charge in [-0.3, -0.25) is 4.79 Å². The summed E-state index contributed by atoms with van der Waals surface area (Å²) in [7, 11) is 0. The van der Waals surface area contributed by atoms with Gasteiger partial charge in [0.2, 0.25) is 5.91 Å². The zero-order chi connectivity index (χ0) is 13.8. The quantitative estimate of drug-likeness (QED) is 0.799. The standard InChI is InChI=1S/C15H19FN2O/c1-3-14(16)18-15(19)10(2)8-11-4-5-13-12(9-11)6-7-17-13/h4-7,9-10,14,17H,3,8H2,1-2H3,(H,18,19). The lowest BCUT2D eigenvalue weighted by Gasteiger charge is -2.14. The van der Waals surface area contributed by atoms with Crippen molar-refractivity contribution in [3.05, 3.63) is 36.0 Å². The van der Waals surface area contributed by atoms with E-state index in [1.807, 2.05) is 31.3 Å². The van der Waals surface area contributed by atoms with Crippen LogP contribution in [0.25, 0.3) is 10.9 Å². The van der Waals surface area contributed by atoms with Crippen molar-refractivity contribution in [2.24, 2.45) is 5.92 Å². The number of alkyl halides is 1. The fraction of sp³-hybridized carbons (Fsp3) is 0.400. The highest BCUT2D eigenvalue weighted by Gasteiger charge is 2.16. The summed E-state index contributed by atoms with van der Waals surface area (Å²) in [4.78, 5) is 14.9. The number of fused-ring (bicyclic) bond motifs is 1. The summed E-state index contributed by atoms with van der Waals surface area (Å²) in [5, 5.41) is 3.50. The second kappa shape index (κ2) is 5.87. The Bertz CT molecular complexity index is 564. The molecule has 0 radical (unpaired) electrons.